The van der Waals surface area contributed by atoms with Crippen LogP contribution in [0.5, 0.6) is 0 Å². The van der Waals surface area contributed by atoms with Gasteiger partial charge in [-0.05, 0) is 38.5 Å². The van der Waals surface area contributed by atoms with Crippen LogP contribution < -0.4 is 0 Å². The Morgan fingerprint density at radius 2 is 0.829 bits per heavy atom. The maximum Gasteiger partial charge on any atom is 0.397 e. The fourth-order valence-electron chi connectivity index (χ4n) is 10.5. The van der Waals surface area contributed by atoms with Crippen molar-refractivity contribution in [3.8, 4) is 0 Å². The summed E-state index contributed by atoms with van der Waals surface area (Å²) in [6.45, 7) is 4.08. The van der Waals surface area contributed by atoms with Crippen molar-refractivity contribution in [3.63, 3.8) is 0 Å². The second-order valence-electron chi connectivity index (χ2n) is 22.7. The SMILES string of the molecule is CCCCCCCCCC/C=C\CCCCCCCCCCCCCCCCOCC(COC1OC(CO)C(O)C(OS(=O)(=O)O)C1O)OC(=O)CCCCCCCCCCCCCCCCCCCCCCCCC. The van der Waals surface area contributed by atoms with E-state index in [-0.39, 0.29) is 25.6 Å². The largest absolute Gasteiger partial charge is 0.457 e. The van der Waals surface area contributed by atoms with Crippen molar-refractivity contribution in [2.24, 2.45) is 0 Å². The number of allylic oxidation sites excluding steroid dienone is 2. The van der Waals surface area contributed by atoms with E-state index in [0.29, 0.717) is 13.0 Å². The van der Waals surface area contributed by atoms with Gasteiger partial charge in [0.2, 0.25) is 0 Å². The number of ether oxygens (including phenoxy) is 4. The number of unbranched alkanes of at least 4 members (excludes halogenated alkanes) is 44. The molecule has 12 nitrogen and oxygen atoms in total. The zero-order chi connectivity index (χ0) is 55.3. The molecule has 0 amide bonds. The van der Waals surface area contributed by atoms with Crippen LogP contribution >= 0.6 is 0 Å². The quantitative estimate of drug-likeness (QED) is 0.0196. The van der Waals surface area contributed by atoms with Crippen molar-refractivity contribution in [3.05, 3.63) is 12.2 Å². The first-order valence-electron chi connectivity index (χ1n) is 32.4. The van der Waals surface area contributed by atoms with Gasteiger partial charge in [-0.3, -0.25) is 9.35 Å². The van der Waals surface area contributed by atoms with Crippen LogP contribution in [0, 0.1) is 0 Å². The lowest BCUT2D eigenvalue weighted by molar-refractivity contribution is -0.301. The monoisotopic (exact) mass is 1100 g/mol. The van der Waals surface area contributed by atoms with Gasteiger partial charge in [-0.25, -0.2) is 4.18 Å². The van der Waals surface area contributed by atoms with Crippen LogP contribution in [0.3, 0.4) is 0 Å². The van der Waals surface area contributed by atoms with Crippen molar-refractivity contribution < 1.29 is 56.2 Å². The van der Waals surface area contributed by atoms with Crippen LogP contribution in [-0.2, 0) is 38.3 Å². The minimum Gasteiger partial charge on any atom is -0.457 e. The smallest absolute Gasteiger partial charge is 0.397 e. The molecule has 0 aromatic heterocycles. The van der Waals surface area contributed by atoms with Crippen LogP contribution in [0.15, 0.2) is 12.2 Å². The average Bonchev–Trinajstić information content (AvgIpc) is 3.40. The Balaban J connectivity index is 2.22. The molecule has 6 unspecified atom stereocenters. The number of hydrogen-bond acceptors (Lipinski definition) is 11. The number of hydrogen-bond donors (Lipinski definition) is 4. The van der Waals surface area contributed by atoms with E-state index in [1.165, 1.54) is 257 Å². The maximum atomic E-state index is 13.0. The Kier molecular flexibility index (Phi) is 52.2. The minimum absolute atomic E-state index is 0.0434. The van der Waals surface area contributed by atoms with Crippen molar-refractivity contribution in [1.82, 2.24) is 0 Å². The number of esters is 1. The summed E-state index contributed by atoms with van der Waals surface area (Å²) in [5, 5.41) is 30.9. The summed E-state index contributed by atoms with van der Waals surface area (Å²) in [5.74, 6) is -0.389. The molecule has 76 heavy (non-hydrogen) atoms. The highest BCUT2D eigenvalue weighted by atomic mass is 32.3. The summed E-state index contributed by atoms with van der Waals surface area (Å²) in [4.78, 5) is 13.0. The third-order valence-corrected chi connectivity index (χ3v) is 15.9. The Morgan fingerprint density at radius 1 is 0.487 bits per heavy atom. The molecule has 1 saturated heterocycles. The fourth-order valence-corrected chi connectivity index (χ4v) is 11.0. The molecule has 1 rings (SSSR count). The molecule has 0 aromatic rings. The van der Waals surface area contributed by atoms with E-state index in [9.17, 15) is 33.1 Å². The van der Waals surface area contributed by atoms with E-state index < -0.39 is 53.8 Å². The lowest BCUT2D eigenvalue weighted by atomic mass is 9.99. The van der Waals surface area contributed by atoms with Gasteiger partial charge >= 0.3 is 16.4 Å². The lowest BCUT2D eigenvalue weighted by Crippen LogP contribution is -2.60. The van der Waals surface area contributed by atoms with Gasteiger partial charge in [0.1, 0.15) is 30.5 Å². The highest BCUT2D eigenvalue weighted by molar-refractivity contribution is 7.80. The van der Waals surface area contributed by atoms with Crippen molar-refractivity contribution in [2.45, 2.75) is 359 Å². The predicted molar refractivity (Wildman–Crippen MR) is 313 cm³/mol. The zero-order valence-electron chi connectivity index (χ0n) is 49.4. The zero-order valence-corrected chi connectivity index (χ0v) is 50.2. The molecule has 1 heterocycles. The molecule has 0 radical (unpaired) electrons. The summed E-state index contributed by atoms with van der Waals surface area (Å²) in [5.41, 5.74) is 0. The Hall–Kier alpha value is -1.16. The topological polar surface area (TPSA) is 178 Å². The Morgan fingerprint density at radius 3 is 1.18 bits per heavy atom. The van der Waals surface area contributed by atoms with Gasteiger partial charge in [0, 0.05) is 13.0 Å². The lowest BCUT2D eigenvalue weighted by Gasteiger charge is -2.41. The summed E-state index contributed by atoms with van der Waals surface area (Å²) < 4.78 is 59.6. The second-order valence-corrected chi connectivity index (χ2v) is 23.8. The Labute approximate surface area is 468 Å². The summed E-state index contributed by atoms with van der Waals surface area (Å²) in [6, 6.07) is 0. The third kappa shape index (κ3) is 46.6. The molecule has 452 valence electrons. The molecule has 1 aliphatic rings. The Bertz CT molecular complexity index is 1370. The second kappa shape index (κ2) is 54.4. The van der Waals surface area contributed by atoms with Gasteiger partial charge in [-0.2, -0.15) is 8.42 Å². The van der Waals surface area contributed by atoms with Crippen LogP contribution in [-0.4, -0.2) is 97.5 Å². The molecule has 1 aliphatic heterocycles. The molecule has 0 saturated carbocycles. The molecule has 0 aliphatic carbocycles. The molecular formula is C63H122O12S. The molecule has 13 heteroatoms. The molecule has 0 spiro atoms. The predicted octanol–water partition coefficient (Wildman–Crippen LogP) is 16.9. The highest BCUT2D eigenvalue weighted by Crippen LogP contribution is 2.26. The third-order valence-electron chi connectivity index (χ3n) is 15.4. The summed E-state index contributed by atoms with van der Waals surface area (Å²) in [6.07, 6.45) is 57.0. The number of aliphatic hydroxyl groups excluding tert-OH is 3. The fraction of sp³-hybridized carbons (Fsp3) is 0.952. The van der Waals surface area contributed by atoms with Gasteiger partial charge in [-0.15, -0.1) is 0 Å². The number of carbonyl (C=O) groups excluding carboxylic acids is 1. The molecule has 0 bridgehead atoms. The molecular weight excluding hydrogens is 981 g/mol. The first kappa shape index (κ1) is 72.9. The molecule has 6 atom stereocenters. The van der Waals surface area contributed by atoms with E-state index in [1.54, 1.807) is 0 Å². The summed E-state index contributed by atoms with van der Waals surface area (Å²) in [7, 11) is -5.07. The van der Waals surface area contributed by atoms with Crippen LogP contribution in [0.25, 0.3) is 0 Å². The van der Waals surface area contributed by atoms with Gasteiger partial charge in [0.15, 0.2) is 6.29 Å². The standard InChI is InChI=1S/C63H122O12S/c1-3-5-7-9-11-13-15-17-19-21-23-25-27-28-29-31-33-35-37-39-41-43-45-47-49-51-53-71-55-57(56-72-63-61(67)62(75-76(68,69)70)60(66)58(54-64)74-63)73-59(65)52-50-48-46-44-42-40-38-36-34-32-30-26-24-22-20-18-16-14-12-10-8-6-4-2/h21,23,57-58,60-64,66-67H,3-20,22,24-56H2,1-2H3,(H,68,69,70)/b23-21-. The normalized spacial score (nSPS) is 18.5. The summed E-state index contributed by atoms with van der Waals surface area (Å²) >= 11 is 0. The van der Waals surface area contributed by atoms with Crippen LogP contribution in [0.4, 0.5) is 0 Å². The van der Waals surface area contributed by atoms with Gasteiger partial charge in [0.25, 0.3) is 0 Å². The minimum atomic E-state index is -5.07. The van der Waals surface area contributed by atoms with Crippen LogP contribution in [0.1, 0.15) is 322 Å². The van der Waals surface area contributed by atoms with Gasteiger partial charge in [-0.1, -0.05) is 289 Å². The van der Waals surface area contributed by atoms with E-state index >= 15 is 0 Å². The number of aliphatic hydroxyl groups is 3. The van der Waals surface area contributed by atoms with E-state index in [0.717, 1.165) is 38.5 Å². The van der Waals surface area contributed by atoms with Crippen LogP contribution in [0.2, 0.25) is 0 Å². The van der Waals surface area contributed by atoms with Crippen molar-refractivity contribution in [1.29, 1.82) is 0 Å². The first-order chi connectivity index (χ1) is 37.1. The molecule has 4 N–H and O–H groups in total. The van der Waals surface area contributed by atoms with Gasteiger partial charge < -0.3 is 34.3 Å². The highest BCUT2D eigenvalue weighted by Gasteiger charge is 2.48. The van der Waals surface area contributed by atoms with E-state index in [4.69, 9.17) is 18.9 Å². The first-order valence-corrected chi connectivity index (χ1v) is 33.8. The number of rotatable bonds is 59. The van der Waals surface area contributed by atoms with Gasteiger partial charge in [0.05, 0.1) is 19.8 Å². The van der Waals surface area contributed by atoms with Crippen molar-refractivity contribution >= 4 is 16.4 Å². The molecule has 0 aromatic carbocycles. The van der Waals surface area contributed by atoms with E-state index in [1.807, 2.05) is 0 Å². The number of carbonyl (C=O) groups is 1. The maximum absolute atomic E-state index is 13.0. The average molecular weight is 1100 g/mol. The molecule has 1 fully saturated rings. The van der Waals surface area contributed by atoms with E-state index in [2.05, 4.69) is 30.2 Å². The van der Waals surface area contributed by atoms with Crippen molar-refractivity contribution in [2.75, 3.05) is 26.4 Å².